The molecule has 0 unspecified atom stereocenters. The molecule has 0 aliphatic carbocycles. The first-order valence-electron chi connectivity index (χ1n) is 6.16. The van der Waals surface area contributed by atoms with Crippen LogP contribution in [0.4, 0.5) is 0 Å². The van der Waals surface area contributed by atoms with Crippen LogP contribution in [-0.4, -0.2) is 22.2 Å². The number of hydrogen-bond acceptors (Lipinski definition) is 3. The van der Waals surface area contributed by atoms with Gasteiger partial charge in [-0.1, -0.05) is 25.1 Å². The second kappa shape index (κ2) is 5.95. The van der Waals surface area contributed by atoms with Crippen molar-refractivity contribution in [2.75, 3.05) is 6.54 Å². The molecule has 0 radical (unpaired) electrons. The SMILES string of the molecule is CCCNC(=O)c1ccc(=O)n(-c2ccccc2)n1. The van der Waals surface area contributed by atoms with Gasteiger partial charge in [0.15, 0.2) is 0 Å². The summed E-state index contributed by atoms with van der Waals surface area (Å²) < 4.78 is 1.22. The third-order valence-corrected chi connectivity index (χ3v) is 2.57. The number of para-hydroxylation sites is 1. The minimum atomic E-state index is -0.272. The quantitative estimate of drug-likeness (QED) is 0.899. The molecule has 0 aliphatic heterocycles. The molecular weight excluding hydrogens is 242 g/mol. The molecule has 1 N–H and O–H groups in total. The Bertz CT molecular complexity index is 620. The Morgan fingerprint density at radius 3 is 2.63 bits per heavy atom. The Kier molecular flexibility index (Phi) is 4.07. The van der Waals surface area contributed by atoms with E-state index >= 15 is 0 Å². The van der Waals surface area contributed by atoms with E-state index in [1.54, 1.807) is 12.1 Å². The molecule has 5 heteroatoms. The van der Waals surface area contributed by atoms with Gasteiger partial charge in [-0.15, -0.1) is 0 Å². The van der Waals surface area contributed by atoms with Crippen molar-refractivity contribution in [2.45, 2.75) is 13.3 Å². The van der Waals surface area contributed by atoms with Gasteiger partial charge in [-0.2, -0.15) is 9.78 Å². The van der Waals surface area contributed by atoms with Gasteiger partial charge in [-0.25, -0.2) is 0 Å². The third kappa shape index (κ3) is 3.07. The molecule has 0 bridgehead atoms. The van der Waals surface area contributed by atoms with Crippen LogP contribution < -0.4 is 10.9 Å². The van der Waals surface area contributed by atoms with E-state index in [1.807, 2.05) is 25.1 Å². The van der Waals surface area contributed by atoms with Crippen LogP contribution in [0.25, 0.3) is 5.69 Å². The van der Waals surface area contributed by atoms with Crippen LogP contribution in [0.3, 0.4) is 0 Å². The molecule has 1 aromatic heterocycles. The van der Waals surface area contributed by atoms with E-state index in [2.05, 4.69) is 10.4 Å². The van der Waals surface area contributed by atoms with Crippen molar-refractivity contribution in [3.63, 3.8) is 0 Å². The minimum Gasteiger partial charge on any atom is -0.351 e. The topological polar surface area (TPSA) is 64.0 Å². The molecule has 0 fully saturated rings. The number of carbonyl (C=O) groups is 1. The molecule has 0 saturated carbocycles. The lowest BCUT2D eigenvalue weighted by atomic mass is 10.3. The van der Waals surface area contributed by atoms with Crippen LogP contribution in [0.2, 0.25) is 0 Å². The summed E-state index contributed by atoms with van der Waals surface area (Å²) in [6.07, 6.45) is 0.851. The molecular formula is C14H15N3O2. The van der Waals surface area contributed by atoms with Crippen LogP contribution in [0.15, 0.2) is 47.3 Å². The monoisotopic (exact) mass is 257 g/mol. The number of hydrogen-bond donors (Lipinski definition) is 1. The molecule has 1 aromatic carbocycles. The number of amides is 1. The minimum absolute atomic E-state index is 0.233. The predicted octanol–water partition coefficient (Wildman–Crippen LogP) is 1.37. The molecule has 98 valence electrons. The number of benzene rings is 1. The molecule has 0 spiro atoms. The lowest BCUT2D eigenvalue weighted by molar-refractivity contribution is 0.0947. The fourth-order valence-electron chi connectivity index (χ4n) is 1.62. The van der Waals surface area contributed by atoms with E-state index in [9.17, 15) is 9.59 Å². The van der Waals surface area contributed by atoms with Crippen molar-refractivity contribution in [3.8, 4) is 5.69 Å². The maximum atomic E-state index is 11.8. The Hall–Kier alpha value is -2.43. The van der Waals surface area contributed by atoms with Gasteiger partial charge in [0, 0.05) is 12.6 Å². The highest BCUT2D eigenvalue weighted by Crippen LogP contribution is 2.02. The number of nitrogens with zero attached hydrogens (tertiary/aromatic N) is 2. The van der Waals surface area contributed by atoms with Crippen LogP contribution in [0.5, 0.6) is 0 Å². The van der Waals surface area contributed by atoms with E-state index in [0.717, 1.165) is 6.42 Å². The summed E-state index contributed by atoms with van der Waals surface area (Å²) in [7, 11) is 0. The number of carbonyl (C=O) groups excluding carboxylic acids is 1. The number of aromatic nitrogens is 2. The molecule has 0 aliphatic rings. The van der Waals surface area contributed by atoms with Gasteiger partial charge in [0.2, 0.25) is 0 Å². The average Bonchev–Trinajstić information content (AvgIpc) is 2.46. The van der Waals surface area contributed by atoms with Gasteiger partial charge in [0.05, 0.1) is 5.69 Å². The Morgan fingerprint density at radius 1 is 1.21 bits per heavy atom. The first-order valence-corrected chi connectivity index (χ1v) is 6.16. The Morgan fingerprint density at radius 2 is 1.95 bits per heavy atom. The molecule has 0 saturated heterocycles. The summed E-state index contributed by atoms with van der Waals surface area (Å²) in [4.78, 5) is 23.6. The molecule has 1 heterocycles. The third-order valence-electron chi connectivity index (χ3n) is 2.57. The zero-order chi connectivity index (χ0) is 13.7. The van der Waals surface area contributed by atoms with E-state index in [0.29, 0.717) is 12.2 Å². The normalized spacial score (nSPS) is 10.2. The lowest BCUT2D eigenvalue weighted by Crippen LogP contribution is -2.29. The van der Waals surface area contributed by atoms with E-state index in [4.69, 9.17) is 0 Å². The lowest BCUT2D eigenvalue weighted by Gasteiger charge is -2.07. The number of nitrogens with one attached hydrogen (secondary N) is 1. The standard InChI is InChI=1S/C14H15N3O2/c1-2-10-15-14(19)12-8-9-13(18)17(16-12)11-6-4-3-5-7-11/h3-9H,2,10H2,1H3,(H,15,19). The molecule has 2 rings (SSSR count). The van der Waals surface area contributed by atoms with Crippen molar-refractivity contribution in [1.82, 2.24) is 15.1 Å². The summed E-state index contributed by atoms with van der Waals surface area (Å²) >= 11 is 0. The first kappa shape index (κ1) is 13.0. The van der Waals surface area contributed by atoms with Crippen LogP contribution >= 0.6 is 0 Å². The first-order chi connectivity index (χ1) is 9.22. The highest BCUT2D eigenvalue weighted by Gasteiger charge is 2.09. The second-order valence-corrected chi connectivity index (χ2v) is 4.06. The van der Waals surface area contributed by atoms with Gasteiger partial charge in [0.1, 0.15) is 5.69 Å². The fourth-order valence-corrected chi connectivity index (χ4v) is 1.62. The van der Waals surface area contributed by atoms with Crippen LogP contribution in [-0.2, 0) is 0 Å². The zero-order valence-electron chi connectivity index (χ0n) is 10.7. The largest absolute Gasteiger partial charge is 0.351 e. The van der Waals surface area contributed by atoms with Crippen LogP contribution in [0, 0.1) is 0 Å². The summed E-state index contributed by atoms with van der Waals surface area (Å²) in [5.41, 5.74) is 0.604. The van der Waals surface area contributed by atoms with Crippen molar-refractivity contribution < 1.29 is 4.79 Å². The molecule has 5 nitrogen and oxygen atoms in total. The maximum absolute atomic E-state index is 11.8. The van der Waals surface area contributed by atoms with Gasteiger partial charge < -0.3 is 5.32 Å². The van der Waals surface area contributed by atoms with Gasteiger partial charge in [-0.3, -0.25) is 9.59 Å². The van der Waals surface area contributed by atoms with Gasteiger partial charge >= 0.3 is 0 Å². The van der Waals surface area contributed by atoms with Gasteiger partial charge in [0.25, 0.3) is 11.5 Å². The molecule has 2 aromatic rings. The smallest absolute Gasteiger partial charge is 0.271 e. The summed E-state index contributed by atoms with van der Waals surface area (Å²) in [6.45, 7) is 2.56. The Labute approximate surface area is 110 Å². The second-order valence-electron chi connectivity index (χ2n) is 4.06. The highest BCUT2D eigenvalue weighted by molar-refractivity contribution is 5.91. The zero-order valence-corrected chi connectivity index (χ0v) is 10.7. The van der Waals surface area contributed by atoms with Crippen molar-refractivity contribution in [2.24, 2.45) is 0 Å². The molecule has 1 amide bonds. The van der Waals surface area contributed by atoms with E-state index in [1.165, 1.54) is 16.8 Å². The highest BCUT2D eigenvalue weighted by atomic mass is 16.2. The van der Waals surface area contributed by atoms with Crippen LogP contribution in [0.1, 0.15) is 23.8 Å². The van der Waals surface area contributed by atoms with E-state index < -0.39 is 0 Å². The fraction of sp³-hybridized carbons (Fsp3) is 0.214. The average molecular weight is 257 g/mol. The molecule has 19 heavy (non-hydrogen) atoms. The predicted molar refractivity (Wildman–Crippen MR) is 72.5 cm³/mol. The van der Waals surface area contributed by atoms with Gasteiger partial charge in [-0.05, 0) is 24.6 Å². The van der Waals surface area contributed by atoms with Crippen molar-refractivity contribution in [3.05, 3.63) is 58.5 Å². The number of rotatable bonds is 4. The summed E-state index contributed by atoms with van der Waals surface area (Å²) in [5, 5.41) is 6.82. The Balaban J connectivity index is 2.35. The maximum Gasteiger partial charge on any atom is 0.271 e. The van der Waals surface area contributed by atoms with E-state index in [-0.39, 0.29) is 17.2 Å². The molecule has 0 atom stereocenters. The van der Waals surface area contributed by atoms with Crippen molar-refractivity contribution in [1.29, 1.82) is 0 Å². The summed E-state index contributed by atoms with van der Waals surface area (Å²) in [5.74, 6) is -0.272. The van der Waals surface area contributed by atoms with Crippen molar-refractivity contribution >= 4 is 5.91 Å². The summed E-state index contributed by atoms with van der Waals surface area (Å²) in [6, 6.07) is 11.8.